The van der Waals surface area contributed by atoms with E-state index < -0.39 is 0 Å². The van der Waals surface area contributed by atoms with E-state index in [2.05, 4.69) is 11.8 Å². The summed E-state index contributed by atoms with van der Waals surface area (Å²) in [5.41, 5.74) is 1.65. The molecule has 0 amide bonds. The molecule has 0 spiro atoms. The minimum absolute atomic E-state index is 0.331. The molecule has 0 N–H and O–H groups in total. The van der Waals surface area contributed by atoms with Gasteiger partial charge in [-0.1, -0.05) is 6.07 Å². The highest BCUT2D eigenvalue weighted by molar-refractivity contribution is 5.89. The maximum atomic E-state index is 11.6. The Bertz CT molecular complexity index is 527. The minimum Gasteiger partial charge on any atom is -0.492 e. The van der Waals surface area contributed by atoms with Crippen molar-refractivity contribution in [2.24, 2.45) is 5.92 Å². The van der Waals surface area contributed by atoms with Gasteiger partial charge in [0.15, 0.2) is 0 Å². The van der Waals surface area contributed by atoms with Gasteiger partial charge >= 0.3 is 5.97 Å². The van der Waals surface area contributed by atoms with Crippen molar-refractivity contribution < 1.29 is 19.0 Å². The second-order valence-corrected chi connectivity index (χ2v) is 5.81. The molecule has 0 radical (unpaired) electrons. The van der Waals surface area contributed by atoms with E-state index >= 15 is 0 Å². The largest absolute Gasteiger partial charge is 0.492 e. The zero-order valence-electron chi connectivity index (χ0n) is 12.5. The lowest BCUT2D eigenvalue weighted by Crippen LogP contribution is -2.43. The van der Waals surface area contributed by atoms with E-state index in [-0.39, 0.29) is 5.97 Å². The number of ether oxygens (including phenoxy) is 3. The summed E-state index contributed by atoms with van der Waals surface area (Å²) in [6.45, 7) is 6.39. The maximum absolute atomic E-state index is 11.6. The van der Waals surface area contributed by atoms with Gasteiger partial charge in [-0.15, -0.1) is 0 Å². The number of hydrogen-bond acceptors (Lipinski definition) is 5. The molecule has 1 aromatic carbocycles. The van der Waals surface area contributed by atoms with Crippen LogP contribution in [0, 0.1) is 5.92 Å². The van der Waals surface area contributed by atoms with Gasteiger partial charge in [0.05, 0.1) is 25.9 Å². The third-order valence-corrected chi connectivity index (χ3v) is 4.16. The molecule has 1 fully saturated rings. The van der Waals surface area contributed by atoms with E-state index in [9.17, 15) is 4.79 Å². The molecule has 5 heteroatoms. The molecule has 2 aliphatic rings. The van der Waals surface area contributed by atoms with Gasteiger partial charge in [-0.2, -0.15) is 0 Å². The third-order valence-electron chi connectivity index (χ3n) is 4.16. The summed E-state index contributed by atoms with van der Waals surface area (Å²) >= 11 is 0. The molecule has 5 nitrogen and oxygen atoms in total. The van der Waals surface area contributed by atoms with Crippen LogP contribution >= 0.6 is 0 Å². The predicted octanol–water partition coefficient (Wildman–Crippen LogP) is 1.70. The van der Waals surface area contributed by atoms with Gasteiger partial charge < -0.3 is 14.2 Å². The van der Waals surface area contributed by atoms with Gasteiger partial charge in [-0.25, -0.2) is 4.79 Å². The highest BCUT2D eigenvalue weighted by Gasteiger charge is 2.27. The first-order chi connectivity index (χ1) is 10.2. The number of nitrogens with zero attached hydrogens (tertiary/aromatic N) is 1. The van der Waals surface area contributed by atoms with Crippen molar-refractivity contribution in [3.8, 4) is 5.75 Å². The highest BCUT2D eigenvalue weighted by Crippen LogP contribution is 2.28. The Labute approximate surface area is 124 Å². The number of benzene rings is 1. The Kier molecular flexibility index (Phi) is 4.12. The fourth-order valence-electron chi connectivity index (χ4n) is 2.72. The monoisotopic (exact) mass is 291 g/mol. The molecule has 1 saturated heterocycles. The lowest BCUT2D eigenvalue weighted by Gasteiger charge is -2.34. The summed E-state index contributed by atoms with van der Waals surface area (Å²) in [7, 11) is 1.39. The topological polar surface area (TPSA) is 48.0 Å². The lowest BCUT2D eigenvalue weighted by atomic mass is 10.1. The first-order valence-corrected chi connectivity index (χ1v) is 7.33. The van der Waals surface area contributed by atoms with Crippen LogP contribution in [0.5, 0.6) is 5.75 Å². The third kappa shape index (κ3) is 3.04. The van der Waals surface area contributed by atoms with Crippen molar-refractivity contribution in [3.05, 3.63) is 29.3 Å². The van der Waals surface area contributed by atoms with Crippen LogP contribution in [0.4, 0.5) is 0 Å². The van der Waals surface area contributed by atoms with Gasteiger partial charge in [0.1, 0.15) is 12.4 Å². The number of carbonyl (C=O) groups is 1. The molecule has 3 rings (SSSR count). The summed E-state index contributed by atoms with van der Waals surface area (Å²) in [5.74, 6) is 1.09. The molecule has 1 atom stereocenters. The first kappa shape index (κ1) is 14.4. The van der Waals surface area contributed by atoms with Gasteiger partial charge in [0.25, 0.3) is 0 Å². The van der Waals surface area contributed by atoms with Crippen LogP contribution in [-0.4, -0.2) is 50.4 Å². The normalized spacial score (nSPS) is 22.7. The fraction of sp³-hybridized carbons (Fsp3) is 0.562. The number of esters is 1. The molecule has 0 aromatic heterocycles. The van der Waals surface area contributed by atoms with E-state index in [4.69, 9.17) is 14.2 Å². The zero-order chi connectivity index (χ0) is 14.8. The van der Waals surface area contributed by atoms with Gasteiger partial charge in [0.2, 0.25) is 0 Å². The SMILES string of the molecule is COC(=O)c1ccc2c(c1)OCC(C)N(CC1COC1)C2. The smallest absolute Gasteiger partial charge is 0.337 e. The molecule has 0 aliphatic carbocycles. The zero-order valence-corrected chi connectivity index (χ0v) is 12.5. The molecule has 1 unspecified atom stereocenters. The molecule has 114 valence electrons. The van der Waals surface area contributed by atoms with Crippen molar-refractivity contribution in [1.82, 2.24) is 4.90 Å². The molecule has 1 aromatic rings. The average Bonchev–Trinajstić information content (AvgIpc) is 2.61. The van der Waals surface area contributed by atoms with E-state index in [0.717, 1.165) is 37.6 Å². The second kappa shape index (κ2) is 6.03. The van der Waals surface area contributed by atoms with Gasteiger partial charge in [-0.3, -0.25) is 4.90 Å². The van der Waals surface area contributed by atoms with Crippen LogP contribution in [0.25, 0.3) is 0 Å². The van der Waals surface area contributed by atoms with Crippen LogP contribution in [0.1, 0.15) is 22.8 Å². The number of rotatable bonds is 3. The number of carbonyl (C=O) groups excluding carboxylic acids is 1. The lowest BCUT2D eigenvalue weighted by molar-refractivity contribution is -0.0529. The highest BCUT2D eigenvalue weighted by atomic mass is 16.5. The van der Waals surface area contributed by atoms with Gasteiger partial charge in [0, 0.05) is 30.6 Å². The summed E-state index contributed by atoms with van der Waals surface area (Å²) < 4.78 is 15.9. The molecule has 21 heavy (non-hydrogen) atoms. The Balaban J connectivity index is 1.78. The van der Waals surface area contributed by atoms with Crippen LogP contribution < -0.4 is 4.74 Å². The van der Waals surface area contributed by atoms with Crippen LogP contribution in [0.15, 0.2) is 18.2 Å². The minimum atomic E-state index is -0.331. The average molecular weight is 291 g/mol. The molecular weight excluding hydrogens is 270 g/mol. The molecule has 2 heterocycles. The number of methoxy groups -OCH3 is 1. The molecule has 0 saturated carbocycles. The Hall–Kier alpha value is -1.59. The summed E-state index contributed by atoms with van der Waals surface area (Å²) in [6, 6.07) is 5.89. The number of hydrogen-bond donors (Lipinski definition) is 0. The van der Waals surface area contributed by atoms with Crippen LogP contribution in [-0.2, 0) is 16.0 Å². The van der Waals surface area contributed by atoms with Crippen molar-refractivity contribution in [3.63, 3.8) is 0 Å². The van der Waals surface area contributed by atoms with Crippen molar-refractivity contribution in [2.45, 2.75) is 19.5 Å². The maximum Gasteiger partial charge on any atom is 0.337 e. The van der Waals surface area contributed by atoms with Crippen molar-refractivity contribution >= 4 is 5.97 Å². The predicted molar refractivity (Wildman–Crippen MR) is 77.5 cm³/mol. The summed E-state index contributed by atoms with van der Waals surface area (Å²) in [5, 5.41) is 0. The molecule has 2 aliphatic heterocycles. The number of fused-ring (bicyclic) bond motifs is 1. The molecular formula is C16H21NO4. The summed E-state index contributed by atoms with van der Waals surface area (Å²) in [6.07, 6.45) is 0. The van der Waals surface area contributed by atoms with E-state index in [1.807, 2.05) is 6.07 Å². The van der Waals surface area contributed by atoms with Crippen molar-refractivity contribution in [2.75, 3.05) is 33.5 Å². The van der Waals surface area contributed by atoms with E-state index in [1.165, 1.54) is 7.11 Å². The van der Waals surface area contributed by atoms with E-state index in [0.29, 0.717) is 24.1 Å². The van der Waals surface area contributed by atoms with E-state index in [1.54, 1.807) is 12.1 Å². The first-order valence-electron chi connectivity index (χ1n) is 7.33. The summed E-state index contributed by atoms with van der Waals surface area (Å²) in [4.78, 5) is 14.0. The second-order valence-electron chi connectivity index (χ2n) is 5.81. The van der Waals surface area contributed by atoms with Crippen LogP contribution in [0.2, 0.25) is 0 Å². The molecule has 0 bridgehead atoms. The quantitative estimate of drug-likeness (QED) is 0.793. The Morgan fingerprint density at radius 2 is 2.19 bits per heavy atom. The Morgan fingerprint density at radius 3 is 2.86 bits per heavy atom. The van der Waals surface area contributed by atoms with Gasteiger partial charge in [-0.05, 0) is 19.1 Å². The Morgan fingerprint density at radius 1 is 1.38 bits per heavy atom. The van der Waals surface area contributed by atoms with Crippen LogP contribution in [0.3, 0.4) is 0 Å². The fourth-order valence-corrected chi connectivity index (χ4v) is 2.72. The van der Waals surface area contributed by atoms with Crippen molar-refractivity contribution in [1.29, 1.82) is 0 Å². The standard InChI is InChI=1S/C16H21NO4/c1-11-8-21-15-5-13(16(18)19-2)3-4-14(15)7-17(11)6-12-9-20-10-12/h3-5,11-12H,6-10H2,1-2H3.